The number of halogens is 1. The molecule has 2 aromatic rings. The number of nitrogens with zero attached hydrogens (tertiary/aromatic N) is 1. The van der Waals surface area contributed by atoms with Crippen molar-refractivity contribution in [3.63, 3.8) is 0 Å². The van der Waals surface area contributed by atoms with Gasteiger partial charge in [-0.15, -0.1) is 0 Å². The Morgan fingerprint density at radius 1 is 1.25 bits per heavy atom. The largest absolute Gasteiger partial charge is 0.496 e. The van der Waals surface area contributed by atoms with Crippen LogP contribution in [0.4, 0.5) is 0 Å². The van der Waals surface area contributed by atoms with Gasteiger partial charge in [0.25, 0.3) is 0 Å². The van der Waals surface area contributed by atoms with Gasteiger partial charge in [-0.05, 0) is 44.2 Å². The zero-order valence-corrected chi connectivity index (χ0v) is 14.6. The number of carbonyl (C=O) groups excluding carboxylic acids is 1. The first-order valence-corrected chi connectivity index (χ1v) is 8.01. The van der Waals surface area contributed by atoms with Gasteiger partial charge in [-0.2, -0.15) is 0 Å². The molecule has 1 aliphatic heterocycles. The van der Waals surface area contributed by atoms with E-state index < -0.39 is 5.72 Å². The summed E-state index contributed by atoms with van der Waals surface area (Å²) in [5, 5.41) is 0.578. The molecule has 124 valence electrons. The monoisotopic (exact) mass is 343 g/mol. The first-order chi connectivity index (χ1) is 11.4. The third kappa shape index (κ3) is 3.29. The van der Waals surface area contributed by atoms with E-state index in [0.29, 0.717) is 27.8 Å². The lowest BCUT2D eigenvalue weighted by molar-refractivity contribution is 0.0991. The van der Waals surface area contributed by atoms with E-state index in [1.807, 2.05) is 32.0 Å². The van der Waals surface area contributed by atoms with Gasteiger partial charge in [-0.1, -0.05) is 23.7 Å². The number of benzene rings is 2. The van der Waals surface area contributed by atoms with Gasteiger partial charge in [-0.3, -0.25) is 4.79 Å². The van der Waals surface area contributed by atoms with Gasteiger partial charge >= 0.3 is 0 Å². The molecule has 5 heteroatoms. The highest BCUT2D eigenvalue weighted by Gasteiger charge is 2.29. The third-order valence-corrected chi connectivity index (χ3v) is 3.99. The van der Waals surface area contributed by atoms with Crippen molar-refractivity contribution in [2.45, 2.75) is 26.0 Å². The minimum Gasteiger partial charge on any atom is -0.496 e. The second kappa shape index (κ2) is 6.29. The van der Waals surface area contributed by atoms with E-state index >= 15 is 0 Å². The van der Waals surface area contributed by atoms with Crippen LogP contribution in [-0.2, 0) is 0 Å². The van der Waals surface area contributed by atoms with Crippen molar-refractivity contribution in [1.29, 1.82) is 0 Å². The Bertz CT molecular complexity index is 827. The van der Waals surface area contributed by atoms with Crippen LogP contribution in [0.3, 0.4) is 0 Å². The minimum absolute atomic E-state index is 0.0603. The minimum atomic E-state index is -0.725. The molecule has 0 saturated carbocycles. The maximum atomic E-state index is 12.8. The van der Waals surface area contributed by atoms with E-state index in [1.54, 1.807) is 31.4 Å². The fourth-order valence-electron chi connectivity index (χ4n) is 2.75. The Balaban J connectivity index is 1.98. The Labute approximate surface area is 146 Å². The van der Waals surface area contributed by atoms with Crippen molar-refractivity contribution in [1.82, 2.24) is 0 Å². The van der Waals surface area contributed by atoms with E-state index in [-0.39, 0.29) is 12.2 Å². The molecule has 0 atom stereocenters. The smallest absolute Gasteiger partial charge is 0.194 e. The van der Waals surface area contributed by atoms with Crippen molar-refractivity contribution >= 4 is 23.1 Å². The lowest BCUT2D eigenvalue weighted by Crippen LogP contribution is -2.32. The summed E-state index contributed by atoms with van der Waals surface area (Å²) >= 11 is 6.10. The quantitative estimate of drug-likeness (QED) is 0.766. The summed E-state index contributed by atoms with van der Waals surface area (Å²) in [4.78, 5) is 17.4. The topological polar surface area (TPSA) is 47.9 Å². The van der Waals surface area contributed by atoms with Gasteiger partial charge < -0.3 is 9.47 Å². The van der Waals surface area contributed by atoms with Crippen molar-refractivity contribution in [3.8, 4) is 11.5 Å². The standard InChI is InChI=1S/C19H18ClNO3/c1-19(2)21-15(14-10-12(20)8-9-18(14)24-19)11-16(22)13-6-4-5-7-17(13)23-3/h4-10H,11H2,1-3H3. The Kier molecular flexibility index (Phi) is 4.33. The van der Waals surface area contributed by atoms with E-state index in [4.69, 9.17) is 21.1 Å². The summed E-state index contributed by atoms with van der Waals surface area (Å²) in [6, 6.07) is 12.5. The molecule has 0 amide bonds. The maximum absolute atomic E-state index is 12.8. The van der Waals surface area contributed by atoms with Crippen LogP contribution in [0.5, 0.6) is 11.5 Å². The van der Waals surface area contributed by atoms with E-state index in [1.165, 1.54) is 0 Å². The molecule has 0 radical (unpaired) electrons. The van der Waals surface area contributed by atoms with E-state index in [9.17, 15) is 4.79 Å². The summed E-state index contributed by atoms with van der Waals surface area (Å²) in [5.41, 5.74) is 1.23. The highest BCUT2D eigenvalue weighted by Crippen LogP contribution is 2.34. The predicted octanol–water partition coefficient (Wildman–Crippen LogP) is 4.54. The van der Waals surface area contributed by atoms with E-state index in [2.05, 4.69) is 4.99 Å². The highest BCUT2D eigenvalue weighted by molar-refractivity contribution is 6.31. The normalized spacial score (nSPS) is 15.1. The molecule has 3 rings (SSSR count). The van der Waals surface area contributed by atoms with Crippen molar-refractivity contribution in [2.75, 3.05) is 7.11 Å². The summed E-state index contributed by atoms with van der Waals surface area (Å²) in [7, 11) is 1.55. The Hall–Kier alpha value is -2.33. The predicted molar refractivity (Wildman–Crippen MR) is 94.6 cm³/mol. The number of para-hydroxylation sites is 1. The third-order valence-electron chi connectivity index (χ3n) is 3.75. The van der Waals surface area contributed by atoms with Crippen molar-refractivity contribution < 1.29 is 14.3 Å². The number of fused-ring (bicyclic) bond motifs is 1. The molecule has 4 nitrogen and oxygen atoms in total. The molecule has 24 heavy (non-hydrogen) atoms. The number of ketones is 1. The molecule has 0 saturated heterocycles. The SMILES string of the molecule is COc1ccccc1C(=O)CC1=NC(C)(C)Oc2ccc(Cl)cc21. The molecule has 0 spiro atoms. The molecular weight excluding hydrogens is 326 g/mol. The molecule has 0 bridgehead atoms. The van der Waals surface area contributed by atoms with Crippen LogP contribution in [0.25, 0.3) is 0 Å². The molecule has 0 N–H and O–H groups in total. The molecular formula is C19H18ClNO3. The fraction of sp³-hybridized carbons (Fsp3) is 0.263. The van der Waals surface area contributed by atoms with Gasteiger partial charge in [0.15, 0.2) is 11.5 Å². The highest BCUT2D eigenvalue weighted by atomic mass is 35.5. The zero-order valence-electron chi connectivity index (χ0n) is 13.8. The number of Topliss-reactive ketones (excluding diaryl/α,β-unsaturated/α-hetero) is 1. The molecule has 2 aromatic carbocycles. The lowest BCUT2D eigenvalue weighted by atomic mass is 9.98. The van der Waals surface area contributed by atoms with Crippen LogP contribution < -0.4 is 9.47 Å². The van der Waals surface area contributed by atoms with Crippen LogP contribution in [0.1, 0.15) is 36.2 Å². The summed E-state index contributed by atoms with van der Waals surface area (Å²) in [6.45, 7) is 3.72. The molecule has 1 heterocycles. The number of aliphatic imine (C=N–C) groups is 1. The van der Waals surface area contributed by atoms with Crippen molar-refractivity contribution in [3.05, 3.63) is 58.6 Å². The number of hydrogen-bond donors (Lipinski definition) is 0. The zero-order chi connectivity index (χ0) is 17.3. The van der Waals surface area contributed by atoms with Gasteiger partial charge in [0, 0.05) is 10.6 Å². The molecule has 0 aliphatic carbocycles. The lowest BCUT2D eigenvalue weighted by Gasteiger charge is -2.30. The van der Waals surface area contributed by atoms with Crippen LogP contribution in [0.15, 0.2) is 47.5 Å². The number of hydrogen-bond acceptors (Lipinski definition) is 4. The number of carbonyl (C=O) groups is 1. The summed E-state index contributed by atoms with van der Waals surface area (Å²) in [6.07, 6.45) is 0.153. The van der Waals surface area contributed by atoms with Crippen molar-refractivity contribution in [2.24, 2.45) is 4.99 Å². The second-order valence-electron chi connectivity index (χ2n) is 6.05. The van der Waals surface area contributed by atoms with Gasteiger partial charge in [-0.25, -0.2) is 4.99 Å². The van der Waals surface area contributed by atoms with Crippen LogP contribution in [-0.4, -0.2) is 24.3 Å². The first kappa shape index (κ1) is 16.5. The van der Waals surface area contributed by atoms with Crippen LogP contribution in [0, 0.1) is 0 Å². The number of rotatable bonds is 4. The van der Waals surface area contributed by atoms with Gasteiger partial charge in [0.1, 0.15) is 11.5 Å². The van der Waals surface area contributed by atoms with Gasteiger partial charge in [0.05, 0.1) is 24.8 Å². The first-order valence-electron chi connectivity index (χ1n) is 7.63. The second-order valence-corrected chi connectivity index (χ2v) is 6.48. The Morgan fingerprint density at radius 2 is 2.00 bits per heavy atom. The van der Waals surface area contributed by atoms with E-state index in [0.717, 1.165) is 5.56 Å². The average Bonchev–Trinajstić information content (AvgIpc) is 2.54. The maximum Gasteiger partial charge on any atom is 0.194 e. The summed E-state index contributed by atoms with van der Waals surface area (Å²) in [5.74, 6) is 1.18. The number of ether oxygens (including phenoxy) is 2. The number of methoxy groups -OCH3 is 1. The molecule has 0 aromatic heterocycles. The molecule has 1 aliphatic rings. The van der Waals surface area contributed by atoms with Crippen LogP contribution >= 0.6 is 11.6 Å². The van der Waals surface area contributed by atoms with Gasteiger partial charge in [0.2, 0.25) is 0 Å². The van der Waals surface area contributed by atoms with Crippen LogP contribution in [0.2, 0.25) is 5.02 Å². The summed E-state index contributed by atoms with van der Waals surface area (Å²) < 4.78 is 11.1. The Morgan fingerprint density at radius 3 is 2.75 bits per heavy atom. The average molecular weight is 344 g/mol. The molecule has 0 unspecified atom stereocenters. The fourth-order valence-corrected chi connectivity index (χ4v) is 2.92. The molecule has 0 fully saturated rings.